The SMILES string of the molecule is O=C(O)Cn1ccc2cc(NC(=O)C3CCOCC3)ccc21. The molecule has 0 unspecified atom stereocenters. The summed E-state index contributed by atoms with van der Waals surface area (Å²) in [6.45, 7) is 1.20. The lowest BCUT2D eigenvalue weighted by molar-refractivity contribution is -0.137. The second kappa shape index (κ2) is 6.19. The first kappa shape index (κ1) is 14.6. The number of aromatic nitrogens is 1. The summed E-state index contributed by atoms with van der Waals surface area (Å²) in [6.07, 6.45) is 3.25. The summed E-state index contributed by atoms with van der Waals surface area (Å²) in [4.78, 5) is 23.0. The van der Waals surface area contributed by atoms with Crippen LogP contribution in [0.4, 0.5) is 5.69 Å². The van der Waals surface area contributed by atoms with E-state index in [0.29, 0.717) is 13.2 Å². The molecule has 2 N–H and O–H groups in total. The molecule has 0 spiro atoms. The maximum absolute atomic E-state index is 12.2. The number of carboxylic acids is 1. The smallest absolute Gasteiger partial charge is 0.323 e. The van der Waals surface area contributed by atoms with E-state index >= 15 is 0 Å². The van der Waals surface area contributed by atoms with Crippen molar-refractivity contribution in [3.8, 4) is 0 Å². The first-order valence-electron chi connectivity index (χ1n) is 7.33. The molecule has 2 aromatic rings. The fraction of sp³-hybridized carbons (Fsp3) is 0.375. The lowest BCUT2D eigenvalue weighted by Crippen LogP contribution is -2.28. The minimum Gasteiger partial charge on any atom is -0.480 e. The van der Waals surface area contributed by atoms with Gasteiger partial charge in [0.15, 0.2) is 0 Å². The Morgan fingerprint density at radius 1 is 1.27 bits per heavy atom. The molecule has 2 heterocycles. The monoisotopic (exact) mass is 302 g/mol. The predicted octanol–water partition coefficient (Wildman–Crippen LogP) is 2.09. The third-order valence-corrected chi connectivity index (χ3v) is 3.94. The minimum absolute atomic E-state index is 0.000977. The van der Waals surface area contributed by atoms with Gasteiger partial charge in [-0.3, -0.25) is 9.59 Å². The molecule has 1 fully saturated rings. The zero-order valence-electron chi connectivity index (χ0n) is 12.1. The van der Waals surface area contributed by atoms with Crippen LogP contribution in [0.2, 0.25) is 0 Å². The van der Waals surface area contributed by atoms with E-state index in [1.165, 1.54) is 0 Å². The number of rotatable bonds is 4. The molecule has 1 aromatic heterocycles. The van der Waals surface area contributed by atoms with Crippen molar-refractivity contribution in [3.63, 3.8) is 0 Å². The number of nitrogens with one attached hydrogen (secondary N) is 1. The van der Waals surface area contributed by atoms with E-state index in [1.54, 1.807) is 16.8 Å². The van der Waals surface area contributed by atoms with Gasteiger partial charge in [0.1, 0.15) is 6.54 Å². The summed E-state index contributed by atoms with van der Waals surface area (Å²) < 4.78 is 6.93. The average Bonchev–Trinajstić information content (AvgIpc) is 2.90. The molecule has 0 radical (unpaired) electrons. The van der Waals surface area contributed by atoms with Crippen LogP contribution in [0.1, 0.15) is 12.8 Å². The van der Waals surface area contributed by atoms with Crippen molar-refractivity contribution in [2.24, 2.45) is 5.92 Å². The molecule has 1 aliphatic rings. The number of amides is 1. The van der Waals surface area contributed by atoms with E-state index in [-0.39, 0.29) is 18.4 Å². The van der Waals surface area contributed by atoms with Crippen LogP contribution in [0, 0.1) is 5.92 Å². The van der Waals surface area contributed by atoms with E-state index in [1.807, 2.05) is 18.2 Å². The highest BCUT2D eigenvalue weighted by Gasteiger charge is 2.21. The summed E-state index contributed by atoms with van der Waals surface area (Å²) in [6, 6.07) is 7.35. The van der Waals surface area contributed by atoms with Gasteiger partial charge in [0, 0.05) is 41.9 Å². The summed E-state index contributed by atoms with van der Waals surface area (Å²) in [7, 11) is 0. The summed E-state index contributed by atoms with van der Waals surface area (Å²) in [5.41, 5.74) is 1.57. The molecule has 0 atom stereocenters. The first-order chi connectivity index (χ1) is 10.6. The van der Waals surface area contributed by atoms with E-state index in [9.17, 15) is 9.59 Å². The Kier molecular flexibility index (Phi) is 4.11. The Bertz CT molecular complexity index is 701. The van der Waals surface area contributed by atoms with Gasteiger partial charge < -0.3 is 19.7 Å². The van der Waals surface area contributed by atoms with Gasteiger partial charge in [-0.15, -0.1) is 0 Å². The first-order valence-corrected chi connectivity index (χ1v) is 7.33. The Morgan fingerprint density at radius 2 is 2.05 bits per heavy atom. The highest BCUT2D eigenvalue weighted by Crippen LogP contribution is 2.22. The van der Waals surface area contributed by atoms with Crippen LogP contribution >= 0.6 is 0 Å². The molecule has 3 rings (SSSR count). The zero-order chi connectivity index (χ0) is 15.5. The van der Waals surface area contributed by atoms with Gasteiger partial charge in [-0.05, 0) is 37.1 Å². The molecule has 0 saturated carbocycles. The van der Waals surface area contributed by atoms with E-state index in [4.69, 9.17) is 9.84 Å². The van der Waals surface area contributed by atoms with Crippen LogP contribution < -0.4 is 5.32 Å². The second-order valence-electron chi connectivity index (χ2n) is 5.49. The molecule has 6 heteroatoms. The second-order valence-corrected chi connectivity index (χ2v) is 5.49. The number of carboxylic acid groups (broad SMARTS) is 1. The number of carbonyl (C=O) groups excluding carboxylic acids is 1. The molecule has 1 saturated heterocycles. The van der Waals surface area contributed by atoms with Gasteiger partial charge in [0.2, 0.25) is 5.91 Å². The Labute approximate surface area is 127 Å². The predicted molar refractivity (Wildman–Crippen MR) is 81.7 cm³/mol. The molecular formula is C16H18N2O4. The highest BCUT2D eigenvalue weighted by molar-refractivity contribution is 5.95. The summed E-state index contributed by atoms with van der Waals surface area (Å²) >= 11 is 0. The standard InChI is InChI=1S/C16H18N2O4/c19-15(20)10-18-6-3-12-9-13(1-2-14(12)18)17-16(21)11-4-7-22-8-5-11/h1-3,6,9,11H,4-5,7-8,10H2,(H,17,21)(H,19,20). The molecule has 1 aliphatic heterocycles. The molecule has 0 bridgehead atoms. The number of ether oxygens (including phenoxy) is 1. The minimum atomic E-state index is -0.880. The number of benzene rings is 1. The van der Waals surface area contributed by atoms with Crippen molar-refractivity contribution < 1.29 is 19.4 Å². The average molecular weight is 302 g/mol. The zero-order valence-corrected chi connectivity index (χ0v) is 12.1. The number of hydrogen-bond acceptors (Lipinski definition) is 3. The van der Waals surface area contributed by atoms with E-state index in [0.717, 1.165) is 29.4 Å². The van der Waals surface area contributed by atoms with Crippen LogP contribution in [0.5, 0.6) is 0 Å². The number of anilines is 1. The van der Waals surface area contributed by atoms with Crippen LogP contribution in [0.25, 0.3) is 10.9 Å². The molecule has 6 nitrogen and oxygen atoms in total. The lowest BCUT2D eigenvalue weighted by Gasteiger charge is -2.21. The van der Waals surface area contributed by atoms with Gasteiger partial charge >= 0.3 is 5.97 Å². The summed E-state index contributed by atoms with van der Waals surface area (Å²) in [5.74, 6) is -0.858. The maximum Gasteiger partial charge on any atom is 0.323 e. The molecule has 22 heavy (non-hydrogen) atoms. The number of carbonyl (C=O) groups is 2. The van der Waals surface area contributed by atoms with Crippen molar-refractivity contribution in [1.29, 1.82) is 0 Å². The molecular weight excluding hydrogens is 284 g/mol. The topological polar surface area (TPSA) is 80.6 Å². The number of aliphatic carboxylic acids is 1. The fourth-order valence-electron chi connectivity index (χ4n) is 2.77. The maximum atomic E-state index is 12.2. The Morgan fingerprint density at radius 3 is 2.77 bits per heavy atom. The van der Waals surface area contributed by atoms with E-state index in [2.05, 4.69) is 5.32 Å². The quantitative estimate of drug-likeness (QED) is 0.906. The van der Waals surface area contributed by atoms with Crippen molar-refractivity contribution in [3.05, 3.63) is 30.5 Å². The van der Waals surface area contributed by atoms with Crippen molar-refractivity contribution >= 4 is 28.5 Å². The van der Waals surface area contributed by atoms with Crippen LogP contribution in [-0.2, 0) is 20.9 Å². The van der Waals surface area contributed by atoms with Crippen molar-refractivity contribution in [1.82, 2.24) is 4.57 Å². The fourth-order valence-corrected chi connectivity index (χ4v) is 2.77. The van der Waals surface area contributed by atoms with E-state index < -0.39 is 5.97 Å². The lowest BCUT2D eigenvalue weighted by atomic mass is 9.99. The van der Waals surface area contributed by atoms with Gasteiger partial charge in [-0.1, -0.05) is 0 Å². The summed E-state index contributed by atoms with van der Waals surface area (Å²) in [5, 5.41) is 12.7. The molecule has 0 aliphatic carbocycles. The van der Waals surface area contributed by atoms with Crippen LogP contribution in [0.15, 0.2) is 30.5 Å². The largest absolute Gasteiger partial charge is 0.480 e. The molecule has 1 amide bonds. The van der Waals surface area contributed by atoms with Gasteiger partial charge in [-0.2, -0.15) is 0 Å². The molecule has 116 valence electrons. The van der Waals surface area contributed by atoms with Gasteiger partial charge in [-0.25, -0.2) is 0 Å². The van der Waals surface area contributed by atoms with Crippen LogP contribution in [-0.4, -0.2) is 34.8 Å². The van der Waals surface area contributed by atoms with Crippen molar-refractivity contribution in [2.45, 2.75) is 19.4 Å². The Hall–Kier alpha value is -2.34. The normalized spacial score (nSPS) is 15.8. The number of fused-ring (bicyclic) bond motifs is 1. The third kappa shape index (κ3) is 3.12. The highest BCUT2D eigenvalue weighted by atomic mass is 16.5. The van der Waals surface area contributed by atoms with Gasteiger partial charge in [0.25, 0.3) is 0 Å². The number of hydrogen-bond donors (Lipinski definition) is 2. The third-order valence-electron chi connectivity index (χ3n) is 3.94. The van der Waals surface area contributed by atoms with Gasteiger partial charge in [0.05, 0.1) is 0 Å². The molecule has 1 aromatic carbocycles. The van der Waals surface area contributed by atoms with Crippen LogP contribution in [0.3, 0.4) is 0 Å². The van der Waals surface area contributed by atoms with Crippen molar-refractivity contribution in [2.75, 3.05) is 18.5 Å². The number of nitrogens with zero attached hydrogens (tertiary/aromatic N) is 1. The Balaban J connectivity index is 1.74.